The van der Waals surface area contributed by atoms with Gasteiger partial charge in [0.25, 0.3) is 0 Å². The van der Waals surface area contributed by atoms with Gasteiger partial charge < -0.3 is 30.2 Å². The van der Waals surface area contributed by atoms with Gasteiger partial charge in [-0.2, -0.15) is 0 Å². The summed E-state index contributed by atoms with van der Waals surface area (Å²) in [5.41, 5.74) is 2.67. The lowest BCUT2D eigenvalue weighted by Gasteiger charge is -2.08. The highest BCUT2D eigenvalue weighted by Crippen LogP contribution is 2.14. The van der Waals surface area contributed by atoms with Crippen LogP contribution < -0.4 is 21.3 Å². The number of carbonyl (C=O) groups excluding carboxylic acids is 5. The Bertz CT molecular complexity index is 1670. The molecule has 2 aromatic heterocycles. The molecule has 4 amide bonds. The fraction of sp³-hybridized carbons (Fsp3) is 0.156. The summed E-state index contributed by atoms with van der Waals surface area (Å²) in [5.74, 6) is -1.06. The molecule has 0 saturated carbocycles. The van der Waals surface area contributed by atoms with Crippen molar-refractivity contribution >= 4 is 64.5 Å². The minimum absolute atomic E-state index is 0.272. The van der Waals surface area contributed by atoms with Gasteiger partial charge in [0.1, 0.15) is 11.0 Å². The van der Waals surface area contributed by atoms with Crippen LogP contribution in [0.1, 0.15) is 44.9 Å². The first-order valence-corrected chi connectivity index (χ1v) is 14.4. The standard InChI is InChI=1S/C17H17N3O5.C15H14ClN3O3/c1-3-25-16(22)11-4-7-13(8-5-11)19-17(23)20-14-9-6-12(10-18-14)15(21)24-2;1-2-22-14(20)10-3-5-11(6-4-10)18-15(21)19-12-7-8-13(16)17-9-12/h4-10H,3H2,1-2H3,(H2,18,19,20,23);3-9H,2H2,1H3,(H2,18,19,21). The van der Waals surface area contributed by atoms with Crippen LogP contribution in [0.3, 0.4) is 0 Å². The quantitative estimate of drug-likeness (QED) is 0.0907. The Morgan fingerprint density at radius 2 is 1.04 bits per heavy atom. The molecule has 4 N–H and O–H groups in total. The van der Waals surface area contributed by atoms with Gasteiger partial charge in [0.05, 0.1) is 48.9 Å². The zero-order chi connectivity index (χ0) is 34.2. The first kappa shape index (κ1) is 35.5. The number of benzene rings is 2. The van der Waals surface area contributed by atoms with Crippen LogP contribution in [-0.4, -0.2) is 60.3 Å². The second-order valence-corrected chi connectivity index (χ2v) is 9.43. The van der Waals surface area contributed by atoms with Gasteiger partial charge in [-0.3, -0.25) is 5.32 Å². The third-order valence-electron chi connectivity index (χ3n) is 5.72. The Balaban J connectivity index is 0.000000257. The molecular formula is C32H31ClN6O8. The minimum atomic E-state index is -0.512. The van der Waals surface area contributed by atoms with E-state index in [-0.39, 0.29) is 11.4 Å². The predicted octanol–water partition coefficient (Wildman–Crippen LogP) is 6.24. The number of aromatic nitrogens is 2. The number of methoxy groups -OCH3 is 1. The third-order valence-corrected chi connectivity index (χ3v) is 5.94. The van der Waals surface area contributed by atoms with Crippen molar-refractivity contribution in [2.75, 3.05) is 41.6 Å². The first-order chi connectivity index (χ1) is 22.6. The fourth-order valence-electron chi connectivity index (χ4n) is 3.54. The zero-order valence-electron chi connectivity index (χ0n) is 25.5. The highest BCUT2D eigenvalue weighted by atomic mass is 35.5. The van der Waals surface area contributed by atoms with Crippen LogP contribution in [0.15, 0.2) is 85.2 Å². The molecule has 47 heavy (non-hydrogen) atoms. The summed E-state index contributed by atoms with van der Waals surface area (Å²) < 4.78 is 14.3. The van der Waals surface area contributed by atoms with Crippen molar-refractivity contribution in [3.8, 4) is 0 Å². The number of esters is 3. The molecule has 0 saturated heterocycles. The number of urea groups is 2. The van der Waals surface area contributed by atoms with E-state index >= 15 is 0 Å². The number of hydrogen-bond donors (Lipinski definition) is 4. The highest BCUT2D eigenvalue weighted by molar-refractivity contribution is 6.29. The molecule has 244 valence electrons. The van der Waals surface area contributed by atoms with Crippen molar-refractivity contribution < 1.29 is 38.2 Å². The lowest BCUT2D eigenvalue weighted by atomic mass is 10.2. The van der Waals surface area contributed by atoms with Gasteiger partial charge in [0, 0.05) is 17.6 Å². The van der Waals surface area contributed by atoms with Gasteiger partial charge in [0.15, 0.2) is 0 Å². The second-order valence-electron chi connectivity index (χ2n) is 9.05. The molecular weight excluding hydrogens is 632 g/mol. The van der Waals surface area contributed by atoms with Crippen molar-refractivity contribution in [1.29, 1.82) is 0 Å². The van der Waals surface area contributed by atoms with E-state index in [1.165, 1.54) is 31.6 Å². The first-order valence-electron chi connectivity index (χ1n) is 14.0. The minimum Gasteiger partial charge on any atom is -0.465 e. The molecule has 0 spiro atoms. The van der Waals surface area contributed by atoms with Crippen molar-refractivity contribution in [3.63, 3.8) is 0 Å². The van der Waals surface area contributed by atoms with E-state index in [0.29, 0.717) is 46.6 Å². The number of carbonyl (C=O) groups is 5. The number of ether oxygens (including phenoxy) is 3. The van der Waals surface area contributed by atoms with Gasteiger partial charge in [-0.05, 0) is 86.6 Å². The maximum absolute atomic E-state index is 11.9. The number of hydrogen-bond acceptors (Lipinski definition) is 10. The Kier molecular flexibility index (Phi) is 13.6. The summed E-state index contributed by atoms with van der Waals surface area (Å²) in [5, 5.41) is 10.7. The molecule has 0 aliphatic rings. The van der Waals surface area contributed by atoms with Gasteiger partial charge in [-0.1, -0.05) is 11.6 Å². The van der Waals surface area contributed by atoms with Crippen molar-refractivity contribution in [2.45, 2.75) is 13.8 Å². The monoisotopic (exact) mass is 662 g/mol. The summed E-state index contributed by atoms with van der Waals surface area (Å²) in [6.07, 6.45) is 2.75. The SMILES string of the molecule is CCOC(=O)c1ccc(NC(=O)Nc2ccc(C(=O)OC)cn2)cc1.CCOC(=O)c1ccc(NC(=O)Nc2ccc(Cl)nc2)cc1. The topological polar surface area (TPSA) is 187 Å². The average Bonchev–Trinajstić information content (AvgIpc) is 3.07. The Morgan fingerprint density at radius 1 is 0.574 bits per heavy atom. The predicted molar refractivity (Wildman–Crippen MR) is 175 cm³/mol. The van der Waals surface area contributed by atoms with Crippen LogP contribution >= 0.6 is 11.6 Å². The normalized spacial score (nSPS) is 9.87. The highest BCUT2D eigenvalue weighted by Gasteiger charge is 2.10. The van der Waals surface area contributed by atoms with E-state index in [2.05, 4.69) is 36.0 Å². The lowest BCUT2D eigenvalue weighted by Crippen LogP contribution is -2.20. The molecule has 2 aromatic carbocycles. The number of anilines is 4. The largest absolute Gasteiger partial charge is 0.465 e. The van der Waals surface area contributed by atoms with E-state index in [9.17, 15) is 24.0 Å². The van der Waals surface area contributed by atoms with Crippen LogP contribution in [-0.2, 0) is 14.2 Å². The van der Waals surface area contributed by atoms with E-state index in [4.69, 9.17) is 21.1 Å². The summed E-state index contributed by atoms with van der Waals surface area (Å²) in [6, 6.07) is 17.9. The molecule has 0 aliphatic carbocycles. The molecule has 0 radical (unpaired) electrons. The number of halogens is 1. The van der Waals surface area contributed by atoms with Crippen LogP contribution in [0.2, 0.25) is 5.15 Å². The van der Waals surface area contributed by atoms with Gasteiger partial charge >= 0.3 is 30.0 Å². The van der Waals surface area contributed by atoms with E-state index in [0.717, 1.165) is 0 Å². The van der Waals surface area contributed by atoms with Crippen LogP contribution in [0.5, 0.6) is 0 Å². The number of pyridine rings is 2. The van der Waals surface area contributed by atoms with Gasteiger partial charge in [0.2, 0.25) is 0 Å². The maximum atomic E-state index is 11.9. The summed E-state index contributed by atoms with van der Waals surface area (Å²) >= 11 is 5.66. The summed E-state index contributed by atoms with van der Waals surface area (Å²) in [6.45, 7) is 4.08. The van der Waals surface area contributed by atoms with Crippen molar-refractivity contribution in [3.05, 3.63) is 107 Å². The van der Waals surface area contributed by atoms with E-state index in [1.54, 1.807) is 74.5 Å². The maximum Gasteiger partial charge on any atom is 0.339 e. The van der Waals surface area contributed by atoms with Gasteiger partial charge in [-0.15, -0.1) is 0 Å². The molecule has 0 aliphatic heterocycles. The summed E-state index contributed by atoms with van der Waals surface area (Å²) in [4.78, 5) is 65.9. The van der Waals surface area contributed by atoms with Crippen molar-refractivity contribution in [1.82, 2.24) is 9.97 Å². The Morgan fingerprint density at radius 3 is 1.47 bits per heavy atom. The number of amides is 4. The smallest absolute Gasteiger partial charge is 0.339 e. The fourth-order valence-corrected chi connectivity index (χ4v) is 3.65. The molecule has 0 atom stereocenters. The van der Waals surface area contributed by atoms with E-state index < -0.39 is 30.0 Å². The average molecular weight is 663 g/mol. The number of nitrogens with zero attached hydrogens (tertiary/aromatic N) is 2. The number of rotatable bonds is 9. The van der Waals surface area contributed by atoms with Crippen LogP contribution in [0, 0.1) is 0 Å². The Hall–Kier alpha value is -6.02. The second kappa shape index (κ2) is 18.1. The van der Waals surface area contributed by atoms with Crippen LogP contribution in [0.25, 0.3) is 0 Å². The molecule has 15 heteroatoms. The van der Waals surface area contributed by atoms with Gasteiger partial charge in [-0.25, -0.2) is 33.9 Å². The van der Waals surface area contributed by atoms with Crippen molar-refractivity contribution in [2.24, 2.45) is 0 Å². The molecule has 0 bridgehead atoms. The zero-order valence-corrected chi connectivity index (χ0v) is 26.3. The molecule has 14 nitrogen and oxygen atoms in total. The molecule has 4 rings (SSSR count). The van der Waals surface area contributed by atoms with E-state index in [1.807, 2.05) is 0 Å². The molecule has 0 fully saturated rings. The molecule has 4 aromatic rings. The molecule has 0 unspecified atom stereocenters. The summed E-state index contributed by atoms with van der Waals surface area (Å²) in [7, 11) is 1.27. The lowest BCUT2D eigenvalue weighted by molar-refractivity contribution is 0.0517. The number of nitrogens with one attached hydrogen (secondary N) is 4. The molecule has 2 heterocycles. The third kappa shape index (κ3) is 11.8. The van der Waals surface area contributed by atoms with Crippen LogP contribution in [0.4, 0.5) is 32.5 Å². The Labute approximate surface area is 274 Å².